The normalized spacial score (nSPS) is 13.6. The molecule has 6 heteroatoms. The van der Waals surface area contributed by atoms with E-state index in [0.29, 0.717) is 24.3 Å². The highest BCUT2D eigenvalue weighted by molar-refractivity contribution is 7.99. The Morgan fingerprint density at radius 2 is 1.74 bits per heavy atom. The molecular weight excluding hydrogens is 406 g/mol. The molecule has 3 aromatic carbocycles. The summed E-state index contributed by atoms with van der Waals surface area (Å²) < 4.78 is 0. The third-order valence-corrected chi connectivity index (χ3v) is 6.48. The fourth-order valence-corrected chi connectivity index (χ4v) is 4.69. The zero-order chi connectivity index (χ0) is 21.8. The van der Waals surface area contributed by atoms with Crippen LogP contribution in [0.1, 0.15) is 35.7 Å². The van der Waals surface area contributed by atoms with Crippen LogP contribution in [-0.2, 0) is 0 Å². The molecule has 1 unspecified atom stereocenters. The van der Waals surface area contributed by atoms with Crippen molar-refractivity contribution in [2.75, 3.05) is 23.3 Å². The highest BCUT2D eigenvalue weighted by Crippen LogP contribution is 2.42. The van der Waals surface area contributed by atoms with Gasteiger partial charge in [0.2, 0.25) is 0 Å². The number of carbonyl (C=O) groups excluding carboxylic acids is 2. The smallest absolute Gasteiger partial charge is 0.319 e. The largest absolute Gasteiger partial charge is 0.337 e. The molecule has 1 atom stereocenters. The standard InChI is InChI=1S/C25H25N3O2S/c1-3-28-21-15-19(27-25(30)26-16-17(2)18-9-5-4-6-10-18)13-14-23(21)31-22-12-8-7-11-20(22)24(28)29/h4-15,17H,3,16H2,1-2H3,(H2,26,27,30). The van der Waals surface area contributed by atoms with Crippen LogP contribution in [0, 0.1) is 0 Å². The first kappa shape index (κ1) is 21.0. The molecule has 5 nitrogen and oxygen atoms in total. The first-order valence-electron chi connectivity index (χ1n) is 10.4. The van der Waals surface area contributed by atoms with Gasteiger partial charge in [-0.2, -0.15) is 0 Å². The number of nitrogens with zero attached hydrogens (tertiary/aromatic N) is 1. The Morgan fingerprint density at radius 3 is 2.52 bits per heavy atom. The average molecular weight is 432 g/mol. The molecule has 3 amide bonds. The highest BCUT2D eigenvalue weighted by Gasteiger charge is 2.26. The minimum Gasteiger partial charge on any atom is -0.337 e. The molecule has 3 aromatic rings. The van der Waals surface area contributed by atoms with Gasteiger partial charge in [0, 0.05) is 28.6 Å². The van der Waals surface area contributed by atoms with Crippen LogP contribution in [0.2, 0.25) is 0 Å². The second-order valence-corrected chi connectivity index (χ2v) is 8.56. The van der Waals surface area contributed by atoms with Gasteiger partial charge in [0.25, 0.3) is 5.91 Å². The van der Waals surface area contributed by atoms with Gasteiger partial charge in [0.1, 0.15) is 0 Å². The molecule has 0 saturated heterocycles. The SMILES string of the molecule is CCN1C(=O)c2ccccc2Sc2ccc(NC(=O)NCC(C)c3ccccc3)cc21. The van der Waals surface area contributed by atoms with Crippen molar-refractivity contribution < 1.29 is 9.59 Å². The van der Waals surface area contributed by atoms with E-state index in [0.717, 1.165) is 15.5 Å². The molecule has 0 bridgehead atoms. The Balaban J connectivity index is 1.48. The number of hydrogen-bond acceptors (Lipinski definition) is 3. The van der Waals surface area contributed by atoms with Crippen molar-refractivity contribution in [1.29, 1.82) is 0 Å². The number of urea groups is 1. The van der Waals surface area contributed by atoms with Crippen molar-refractivity contribution in [2.24, 2.45) is 0 Å². The number of fused-ring (bicyclic) bond motifs is 2. The van der Waals surface area contributed by atoms with Gasteiger partial charge < -0.3 is 15.5 Å². The maximum atomic E-state index is 13.1. The molecule has 1 heterocycles. The van der Waals surface area contributed by atoms with Gasteiger partial charge in [-0.15, -0.1) is 0 Å². The number of benzene rings is 3. The van der Waals surface area contributed by atoms with Gasteiger partial charge in [-0.3, -0.25) is 4.79 Å². The number of amides is 3. The zero-order valence-electron chi connectivity index (χ0n) is 17.6. The second-order valence-electron chi connectivity index (χ2n) is 7.48. The Labute approximate surface area is 186 Å². The summed E-state index contributed by atoms with van der Waals surface area (Å²) >= 11 is 1.57. The summed E-state index contributed by atoms with van der Waals surface area (Å²) in [5.74, 6) is 0.185. The van der Waals surface area contributed by atoms with Crippen LogP contribution in [0.3, 0.4) is 0 Å². The molecule has 0 saturated carbocycles. The number of anilines is 2. The van der Waals surface area contributed by atoms with Crippen LogP contribution >= 0.6 is 11.8 Å². The van der Waals surface area contributed by atoms with Gasteiger partial charge in [-0.25, -0.2) is 4.79 Å². The van der Waals surface area contributed by atoms with Crippen molar-refractivity contribution in [1.82, 2.24) is 5.32 Å². The van der Waals surface area contributed by atoms with Gasteiger partial charge in [-0.05, 0) is 48.7 Å². The van der Waals surface area contributed by atoms with Crippen LogP contribution in [0.5, 0.6) is 0 Å². The first-order chi connectivity index (χ1) is 15.1. The number of carbonyl (C=O) groups is 2. The van der Waals surface area contributed by atoms with Crippen LogP contribution < -0.4 is 15.5 Å². The monoisotopic (exact) mass is 431 g/mol. The molecule has 0 aliphatic carbocycles. The van der Waals surface area contributed by atoms with Crippen molar-refractivity contribution >= 4 is 35.1 Å². The number of hydrogen-bond donors (Lipinski definition) is 2. The minimum atomic E-state index is -0.262. The van der Waals surface area contributed by atoms with Crippen LogP contribution in [0.4, 0.5) is 16.2 Å². The van der Waals surface area contributed by atoms with Gasteiger partial charge >= 0.3 is 6.03 Å². The third kappa shape index (κ3) is 4.59. The lowest BCUT2D eigenvalue weighted by molar-refractivity contribution is 0.0985. The van der Waals surface area contributed by atoms with Crippen molar-refractivity contribution in [3.63, 3.8) is 0 Å². The first-order valence-corrected chi connectivity index (χ1v) is 11.2. The van der Waals surface area contributed by atoms with E-state index in [2.05, 4.69) is 29.7 Å². The van der Waals surface area contributed by atoms with Gasteiger partial charge in [-0.1, -0.05) is 61.2 Å². The van der Waals surface area contributed by atoms with Crippen molar-refractivity contribution in [2.45, 2.75) is 29.6 Å². The van der Waals surface area contributed by atoms with E-state index in [1.54, 1.807) is 16.7 Å². The maximum absolute atomic E-state index is 13.1. The summed E-state index contributed by atoms with van der Waals surface area (Å²) in [6, 6.07) is 23.2. The molecule has 2 N–H and O–H groups in total. The summed E-state index contributed by atoms with van der Waals surface area (Å²) in [5.41, 5.74) is 3.35. The molecule has 0 fully saturated rings. The van der Waals surface area contributed by atoms with Gasteiger partial charge in [0.05, 0.1) is 11.3 Å². The molecular formula is C25H25N3O2S. The quantitative estimate of drug-likeness (QED) is 0.541. The van der Waals surface area contributed by atoms with Crippen molar-refractivity contribution in [3.8, 4) is 0 Å². The van der Waals surface area contributed by atoms with E-state index in [9.17, 15) is 9.59 Å². The van der Waals surface area contributed by atoms with E-state index in [4.69, 9.17) is 0 Å². The summed E-state index contributed by atoms with van der Waals surface area (Å²) in [5, 5.41) is 5.84. The van der Waals surface area contributed by atoms with E-state index in [1.807, 2.05) is 67.6 Å². The molecule has 158 valence electrons. The lowest BCUT2D eigenvalue weighted by Crippen LogP contribution is -2.32. The molecule has 0 radical (unpaired) electrons. The minimum absolute atomic E-state index is 0.0253. The fourth-order valence-electron chi connectivity index (χ4n) is 3.63. The van der Waals surface area contributed by atoms with E-state index < -0.39 is 0 Å². The molecule has 0 spiro atoms. The Hall–Kier alpha value is -3.25. The summed E-state index contributed by atoms with van der Waals surface area (Å²) in [7, 11) is 0. The number of rotatable bonds is 5. The lowest BCUT2D eigenvalue weighted by Gasteiger charge is -2.22. The third-order valence-electron chi connectivity index (χ3n) is 5.34. The Kier molecular flexibility index (Phi) is 6.28. The van der Waals surface area contributed by atoms with E-state index >= 15 is 0 Å². The van der Waals surface area contributed by atoms with Gasteiger partial charge in [0.15, 0.2) is 0 Å². The predicted molar refractivity (Wildman–Crippen MR) is 126 cm³/mol. The second kappa shape index (κ2) is 9.27. The molecule has 1 aliphatic rings. The summed E-state index contributed by atoms with van der Waals surface area (Å²) in [6.45, 7) is 5.12. The van der Waals surface area contributed by atoms with Crippen LogP contribution in [0.25, 0.3) is 0 Å². The van der Waals surface area contributed by atoms with E-state index in [1.165, 1.54) is 5.56 Å². The molecule has 4 rings (SSSR count). The molecule has 0 aromatic heterocycles. The fraction of sp³-hybridized carbons (Fsp3) is 0.200. The highest BCUT2D eigenvalue weighted by atomic mass is 32.2. The van der Waals surface area contributed by atoms with Crippen LogP contribution in [-0.4, -0.2) is 25.0 Å². The average Bonchev–Trinajstić information content (AvgIpc) is 2.91. The Morgan fingerprint density at radius 1 is 1.00 bits per heavy atom. The van der Waals surface area contributed by atoms with Crippen molar-refractivity contribution in [3.05, 3.63) is 83.9 Å². The molecule has 31 heavy (non-hydrogen) atoms. The summed E-state index contributed by atoms with van der Waals surface area (Å²) in [6.07, 6.45) is 0. The number of nitrogens with one attached hydrogen (secondary N) is 2. The predicted octanol–water partition coefficient (Wildman–Crippen LogP) is 5.74. The molecule has 1 aliphatic heterocycles. The van der Waals surface area contributed by atoms with E-state index in [-0.39, 0.29) is 17.9 Å². The summed E-state index contributed by atoms with van der Waals surface area (Å²) in [4.78, 5) is 29.3. The zero-order valence-corrected chi connectivity index (χ0v) is 18.4. The topological polar surface area (TPSA) is 61.4 Å². The maximum Gasteiger partial charge on any atom is 0.319 e. The van der Waals surface area contributed by atoms with Crippen LogP contribution in [0.15, 0.2) is 82.6 Å². The Bertz CT molecular complexity index is 1100. The lowest BCUT2D eigenvalue weighted by atomic mass is 10.0.